The molecule has 0 unspecified atom stereocenters. The van der Waals surface area contributed by atoms with Crippen LogP contribution in [0.15, 0.2) is 0 Å². The van der Waals surface area contributed by atoms with Gasteiger partial charge in [-0.05, 0) is 166 Å². The first-order chi connectivity index (χ1) is 19.8. The Hall–Kier alpha value is 1.15. The summed E-state index contributed by atoms with van der Waals surface area (Å²) >= 11 is 9.03. The molecule has 6 fully saturated rings. The lowest BCUT2D eigenvalue weighted by molar-refractivity contribution is 0.443. The second-order valence-electron chi connectivity index (χ2n) is 15.9. The Bertz CT molecular complexity index is 578. The molecule has 6 rings (SSSR count). The second-order valence-corrected chi connectivity index (χ2v) is 26.3. The minimum atomic E-state index is -1.32. The minimum Gasteiger partial charge on any atom is -0.0530 e. The largest absolute Gasteiger partial charge is 0.241 e. The average Bonchev–Trinajstić information content (AvgIpc) is 3.05. The van der Waals surface area contributed by atoms with Gasteiger partial charge in [0.05, 0.1) is 48.5 Å². The Kier molecular flexibility index (Phi) is 11.6. The van der Waals surface area contributed by atoms with Crippen LogP contribution in [0.3, 0.4) is 0 Å². The highest BCUT2D eigenvalue weighted by molar-refractivity contribution is 7.96. The molecule has 0 aliphatic heterocycles. The molecule has 0 spiro atoms. The van der Waals surface area contributed by atoms with Gasteiger partial charge < -0.3 is 0 Å². The van der Waals surface area contributed by atoms with E-state index in [4.69, 9.17) is 11.6 Å². The molecule has 0 N–H and O–H groups in total. The van der Waals surface area contributed by atoms with Crippen molar-refractivity contribution in [2.24, 2.45) is 0 Å². The normalized spacial score (nSPS) is 29.2. The summed E-state index contributed by atoms with van der Waals surface area (Å²) in [5.74, 6) is 0. The fourth-order valence-electron chi connectivity index (χ4n) is 12.3. The molecule has 40 heavy (non-hydrogen) atoms. The van der Waals surface area contributed by atoms with Crippen molar-refractivity contribution in [2.45, 2.75) is 231 Å². The standard InChI is InChI=1S/C37H67ClP2/c38-37(39(31-19-7-1-8-20-31,32-21-9-2-10-22-32)33-23-11-3-12-24-33)40(34-25-13-4-14-26-34,35-27-15-5-16-28-35)36-29-17-6-18-30-36/h31-37H,1-30H2/q+2. The van der Waals surface area contributed by atoms with E-state index < -0.39 is 14.5 Å². The Morgan fingerprint density at radius 3 is 0.575 bits per heavy atom. The van der Waals surface area contributed by atoms with Gasteiger partial charge in [0.15, 0.2) is 0 Å². The molecule has 0 bridgehead atoms. The molecule has 6 saturated carbocycles. The van der Waals surface area contributed by atoms with Crippen molar-refractivity contribution in [1.82, 2.24) is 0 Å². The lowest BCUT2D eigenvalue weighted by Crippen LogP contribution is -2.47. The van der Waals surface area contributed by atoms with E-state index in [-0.39, 0.29) is 0 Å². The number of rotatable bonds is 8. The lowest BCUT2D eigenvalue weighted by Gasteiger charge is -2.57. The summed E-state index contributed by atoms with van der Waals surface area (Å²) in [7, 11) is -2.64. The van der Waals surface area contributed by atoms with Crippen LogP contribution >= 0.6 is 26.1 Å². The highest BCUT2D eigenvalue weighted by atomic mass is 35.5. The maximum Gasteiger partial charge on any atom is 0.241 e. The van der Waals surface area contributed by atoms with Crippen molar-refractivity contribution < 1.29 is 0 Å². The van der Waals surface area contributed by atoms with Gasteiger partial charge in [-0.1, -0.05) is 38.5 Å². The van der Waals surface area contributed by atoms with Crippen molar-refractivity contribution in [3.63, 3.8) is 0 Å². The molecule has 0 atom stereocenters. The van der Waals surface area contributed by atoms with Crippen LogP contribution in [0.4, 0.5) is 0 Å². The Morgan fingerprint density at radius 1 is 0.275 bits per heavy atom. The topological polar surface area (TPSA) is 0 Å². The molecule has 0 heterocycles. The van der Waals surface area contributed by atoms with E-state index >= 15 is 0 Å². The van der Waals surface area contributed by atoms with Gasteiger partial charge in [0.2, 0.25) is 4.86 Å². The zero-order valence-electron chi connectivity index (χ0n) is 26.5. The molecule has 0 amide bonds. The predicted molar refractivity (Wildman–Crippen MR) is 185 cm³/mol. The third kappa shape index (κ3) is 6.04. The van der Waals surface area contributed by atoms with E-state index in [0.717, 1.165) is 34.0 Å². The molecular weight excluding hydrogens is 542 g/mol. The molecule has 230 valence electrons. The first kappa shape index (κ1) is 31.1. The van der Waals surface area contributed by atoms with Gasteiger partial charge in [-0.2, -0.15) is 0 Å². The molecule has 0 saturated heterocycles. The predicted octanol–water partition coefficient (Wildman–Crippen LogP) is 13.5. The molecule has 0 nitrogen and oxygen atoms in total. The first-order valence-corrected chi connectivity index (χ1v) is 23.8. The SMILES string of the molecule is ClC([P+](C1CCCCC1)(C1CCCCC1)C1CCCCC1)[P+](C1CCCCC1)(C1CCCCC1)C1CCCCC1. The highest BCUT2D eigenvalue weighted by Crippen LogP contribution is 2.95. The molecule has 6 aliphatic carbocycles. The quantitative estimate of drug-likeness (QED) is 0.190. The summed E-state index contributed by atoms with van der Waals surface area (Å²) in [6, 6.07) is 0. The van der Waals surface area contributed by atoms with Gasteiger partial charge in [-0.3, -0.25) is 0 Å². The smallest absolute Gasteiger partial charge is 0.0530 e. The summed E-state index contributed by atoms with van der Waals surface area (Å²) in [6.45, 7) is 0. The van der Waals surface area contributed by atoms with Gasteiger partial charge in [0, 0.05) is 0 Å². The third-order valence-electron chi connectivity index (χ3n) is 14.0. The highest BCUT2D eigenvalue weighted by Gasteiger charge is 2.74. The molecule has 0 aromatic heterocycles. The van der Waals surface area contributed by atoms with E-state index in [9.17, 15) is 0 Å². The van der Waals surface area contributed by atoms with Crippen molar-refractivity contribution in [2.75, 3.05) is 0 Å². The molecule has 0 aromatic carbocycles. The van der Waals surface area contributed by atoms with Crippen LogP contribution in [-0.2, 0) is 0 Å². The first-order valence-electron chi connectivity index (χ1n) is 19.2. The summed E-state index contributed by atoms with van der Waals surface area (Å²) in [4.78, 5) is 0.670. The molecule has 0 aromatic rings. The van der Waals surface area contributed by atoms with Gasteiger partial charge in [-0.25, -0.2) is 0 Å². The fraction of sp³-hybridized carbons (Fsp3) is 1.00. The van der Waals surface area contributed by atoms with Crippen molar-refractivity contribution in [3.8, 4) is 0 Å². The van der Waals surface area contributed by atoms with E-state index in [1.54, 1.807) is 77.0 Å². The lowest BCUT2D eigenvalue weighted by atomic mass is 9.99. The summed E-state index contributed by atoms with van der Waals surface area (Å²) in [5, 5.41) is 0. The monoisotopic (exact) mass is 608 g/mol. The van der Waals surface area contributed by atoms with Crippen LogP contribution in [-0.4, -0.2) is 38.8 Å². The van der Waals surface area contributed by atoms with E-state index in [1.165, 1.54) is 116 Å². The number of alkyl halides is 1. The van der Waals surface area contributed by atoms with E-state index in [2.05, 4.69) is 0 Å². The maximum atomic E-state index is 9.03. The summed E-state index contributed by atoms with van der Waals surface area (Å²) < 4.78 is 0. The zero-order chi connectivity index (χ0) is 27.3. The van der Waals surface area contributed by atoms with Gasteiger partial charge in [0.1, 0.15) is 0 Å². The van der Waals surface area contributed by atoms with Gasteiger partial charge in [-0.15, -0.1) is 0 Å². The second kappa shape index (κ2) is 15.0. The van der Waals surface area contributed by atoms with Crippen LogP contribution in [0.5, 0.6) is 0 Å². The molecule has 3 heteroatoms. The molecule has 6 aliphatic rings. The Balaban J connectivity index is 1.54. The van der Waals surface area contributed by atoms with E-state index in [1.807, 2.05) is 0 Å². The van der Waals surface area contributed by atoms with Crippen molar-refractivity contribution in [1.29, 1.82) is 0 Å². The van der Waals surface area contributed by atoms with Crippen molar-refractivity contribution >= 4 is 26.1 Å². The Labute approximate surface area is 256 Å². The van der Waals surface area contributed by atoms with Crippen molar-refractivity contribution in [3.05, 3.63) is 0 Å². The van der Waals surface area contributed by atoms with Crippen LogP contribution in [0.25, 0.3) is 0 Å². The minimum absolute atomic E-state index is 0.670. The molecule has 0 radical (unpaired) electrons. The van der Waals surface area contributed by atoms with Crippen LogP contribution in [0.2, 0.25) is 0 Å². The maximum absolute atomic E-state index is 9.03. The number of halogens is 1. The third-order valence-corrected chi connectivity index (χ3v) is 30.6. The zero-order valence-corrected chi connectivity index (χ0v) is 29.1. The van der Waals surface area contributed by atoms with E-state index in [0.29, 0.717) is 4.86 Å². The van der Waals surface area contributed by atoms with Gasteiger partial charge >= 0.3 is 0 Å². The Morgan fingerprint density at radius 2 is 0.425 bits per heavy atom. The van der Waals surface area contributed by atoms with Crippen LogP contribution < -0.4 is 0 Å². The average molecular weight is 609 g/mol. The van der Waals surface area contributed by atoms with Crippen LogP contribution in [0, 0.1) is 0 Å². The molecular formula is C37H67ClP2+2. The summed E-state index contributed by atoms with van der Waals surface area (Å²) in [6.07, 6.45) is 46.6. The fourth-order valence-corrected chi connectivity index (χ4v) is 34.6. The number of hydrogen-bond acceptors (Lipinski definition) is 0. The van der Waals surface area contributed by atoms with Crippen LogP contribution in [0.1, 0.15) is 193 Å². The number of hydrogen-bond donors (Lipinski definition) is 0. The summed E-state index contributed by atoms with van der Waals surface area (Å²) in [5.41, 5.74) is 6.36. The van der Waals surface area contributed by atoms with Gasteiger partial charge in [0.25, 0.3) is 0 Å².